The Kier molecular flexibility index (Phi) is 6.89. The molecule has 1 amide bonds. The summed E-state index contributed by atoms with van der Waals surface area (Å²) in [6, 6.07) is 8.64. The first-order valence-corrected chi connectivity index (χ1v) is 8.93. The SMILES string of the molecule is C=CC(=O)/C(=C/CC)[C@@H](Cc1ccccc1)C(=O)N1CCC[C@H]1C(=O)O. The molecule has 1 heterocycles. The summed E-state index contributed by atoms with van der Waals surface area (Å²) >= 11 is 0. The van der Waals surface area contributed by atoms with Crippen LogP contribution in [0.3, 0.4) is 0 Å². The van der Waals surface area contributed by atoms with Crippen LogP contribution in [-0.2, 0) is 20.8 Å². The lowest BCUT2D eigenvalue weighted by Gasteiger charge is -2.28. The van der Waals surface area contributed by atoms with E-state index < -0.39 is 17.9 Å². The number of amides is 1. The molecule has 5 heteroatoms. The van der Waals surface area contributed by atoms with Crippen molar-refractivity contribution < 1.29 is 19.5 Å². The van der Waals surface area contributed by atoms with E-state index in [1.807, 2.05) is 37.3 Å². The number of carbonyl (C=O) groups excluding carboxylic acids is 2. The maximum atomic E-state index is 13.2. The number of ketones is 1. The number of aliphatic carboxylic acids is 1. The highest BCUT2D eigenvalue weighted by atomic mass is 16.4. The van der Waals surface area contributed by atoms with Gasteiger partial charge in [-0.3, -0.25) is 9.59 Å². The van der Waals surface area contributed by atoms with Crippen LogP contribution in [0, 0.1) is 5.92 Å². The van der Waals surface area contributed by atoms with Crippen LogP contribution < -0.4 is 0 Å². The minimum Gasteiger partial charge on any atom is -0.480 e. The first-order valence-electron chi connectivity index (χ1n) is 8.93. The first kappa shape index (κ1) is 19.6. The molecular weight excluding hydrogens is 330 g/mol. The molecule has 0 saturated carbocycles. The van der Waals surface area contributed by atoms with Gasteiger partial charge in [0.2, 0.25) is 5.91 Å². The minimum atomic E-state index is -0.995. The van der Waals surface area contributed by atoms with Crippen molar-refractivity contribution in [3.05, 3.63) is 60.2 Å². The van der Waals surface area contributed by atoms with E-state index in [9.17, 15) is 19.5 Å². The van der Waals surface area contributed by atoms with Gasteiger partial charge in [0.05, 0.1) is 5.92 Å². The quantitative estimate of drug-likeness (QED) is 0.728. The number of carboxylic acid groups (broad SMARTS) is 1. The molecule has 0 aliphatic carbocycles. The number of allylic oxidation sites excluding steroid dienone is 2. The molecule has 0 radical (unpaired) electrons. The molecule has 1 fully saturated rings. The Morgan fingerprint density at radius 3 is 2.58 bits per heavy atom. The van der Waals surface area contributed by atoms with Gasteiger partial charge in [-0.15, -0.1) is 0 Å². The molecule has 1 aromatic rings. The molecule has 5 nitrogen and oxygen atoms in total. The molecule has 2 atom stereocenters. The van der Waals surface area contributed by atoms with Crippen molar-refractivity contribution in [1.82, 2.24) is 4.90 Å². The fraction of sp³-hybridized carbons (Fsp3) is 0.381. The van der Waals surface area contributed by atoms with Gasteiger partial charge in [-0.05, 0) is 37.3 Å². The standard InChI is InChI=1S/C21H25NO4/c1-3-9-16(19(23)4-2)17(14-15-10-6-5-7-11-15)20(24)22-13-8-12-18(22)21(25)26/h4-7,9-11,17-18H,2-3,8,12-14H2,1H3,(H,25,26)/b16-9+/t17-,18+/m1/s1. The van der Waals surface area contributed by atoms with E-state index in [-0.39, 0.29) is 11.7 Å². The van der Waals surface area contributed by atoms with Crippen LogP contribution >= 0.6 is 0 Å². The fourth-order valence-corrected chi connectivity index (χ4v) is 3.42. The molecular formula is C21H25NO4. The molecule has 138 valence electrons. The monoisotopic (exact) mass is 355 g/mol. The number of hydrogen-bond acceptors (Lipinski definition) is 3. The zero-order chi connectivity index (χ0) is 19.1. The normalized spacial score (nSPS) is 18.4. The smallest absolute Gasteiger partial charge is 0.326 e. The van der Waals surface area contributed by atoms with E-state index in [2.05, 4.69) is 6.58 Å². The second-order valence-corrected chi connectivity index (χ2v) is 6.41. The number of hydrogen-bond donors (Lipinski definition) is 1. The number of rotatable bonds is 8. The molecule has 1 aromatic carbocycles. The van der Waals surface area contributed by atoms with Gasteiger partial charge < -0.3 is 10.0 Å². The van der Waals surface area contributed by atoms with Crippen LogP contribution in [0.2, 0.25) is 0 Å². The third-order valence-corrected chi connectivity index (χ3v) is 4.67. The van der Waals surface area contributed by atoms with Crippen molar-refractivity contribution in [2.24, 2.45) is 5.92 Å². The van der Waals surface area contributed by atoms with Crippen LogP contribution in [-0.4, -0.2) is 40.3 Å². The van der Waals surface area contributed by atoms with Crippen LogP contribution in [0.4, 0.5) is 0 Å². The lowest BCUT2D eigenvalue weighted by Crippen LogP contribution is -2.45. The van der Waals surface area contributed by atoms with Gasteiger partial charge in [-0.1, -0.05) is 49.9 Å². The lowest BCUT2D eigenvalue weighted by molar-refractivity contribution is -0.149. The summed E-state index contributed by atoms with van der Waals surface area (Å²) in [5.41, 5.74) is 1.32. The van der Waals surface area contributed by atoms with Crippen LogP contribution in [0.25, 0.3) is 0 Å². The third kappa shape index (κ3) is 4.48. The third-order valence-electron chi connectivity index (χ3n) is 4.67. The summed E-state index contributed by atoms with van der Waals surface area (Å²) in [6.07, 6.45) is 5.03. The number of carbonyl (C=O) groups is 3. The zero-order valence-corrected chi connectivity index (χ0v) is 15.1. The van der Waals surface area contributed by atoms with Crippen molar-refractivity contribution in [2.45, 2.75) is 38.6 Å². The highest BCUT2D eigenvalue weighted by Gasteiger charge is 2.39. The summed E-state index contributed by atoms with van der Waals surface area (Å²) in [6.45, 7) is 5.85. The second-order valence-electron chi connectivity index (χ2n) is 6.41. The maximum Gasteiger partial charge on any atom is 0.326 e. The number of benzene rings is 1. The number of nitrogens with zero attached hydrogens (tertiary/aromatic N) is 1. The van der Waals surface area contributed by atoms with Gasteiger partial charge >= 0.3 is 5.97 Å². The lowest BCUT2D eigenvalue weighted by atomic mass is 9.87. The molecule has 0 spiro atoms. The summed E-state index contributed by atoms with van der Waals surface area (Å²) in [4.78, 5) is 38.5. The average molecular weight is 355 g/mol. The predicted molar refractivity (Wildman–Crippen MR) is 99.6 cm³/mol. The summed E-state index contributed by atoms with van der Waals surface area (Å²) in [5, 5.41) is 9.41. The predicted octanol–water partition coefficient (Wildman–Crippen LogP) is 3.01. The molecule has 1 N–H and O–H groups in total. The maximum absolute atomic E-state index is 13.2. The van der Waals surface area contributed by atoms with E-state index in [0.717, 1.165) is 5.56 Å². The fourth-order valence-electron chi connectivity index (χ4n) is 3.42. The van der Waals surface area contributed by atoms with Crippen LogP contribution in [0.15, 0.2) is 54.6 Å². The molecule has 0 unspecified atom stereocenters. The van der Waals surface area contributed by atoms with Gasteiger partial charge in [0.25, 0.3) is 0 Å². The molecule has 2 rings (SSSR count). The van der Waals surface area contributed by atoms with E-state index in [4.69, 9.17) is 0 Å². The Balaban J connectivity index is 2.40. The Labute approximate surface area is 154 Å². The van der Waals surface area contributed by atoms with Gasteiger partial charge in [0, 0.05) is 12.1 Å². The van der Waals surface area contributed by atoms with E-state index in [1.165, 1.54) is 11.0 Å². The van der Waals surface area contributed by atoms with E-state index >= 15 is 0 Å². The average Bonchev–Trinajstić information content (AvgIpc) is 3.14. The minimum absolute atomic E-state index is 0.285. The molecule has 1 aliphatic rings. The van der Waals surface area contributed by atoms with Crippen molar-refractivity contribution in [1.29, 1.82) is 0 Å². The summed E-state index contributed by atoms with van der Waals surface area (Å²) in [7, 11) is 0. The van der Waals surface area contributed by atoms with Crippen molar-refractivity contribution in [3.8, 4) is 0 Å². The highest BCUT2D eigenvalue weighted by Crippen LogP contribution is 2.27. The van der Waals surface area contributed by atoms with Crippen molar-refractivity contribution in [3.63, 3.8) is 0 Å². The first-order chi connectivity index (χ1) is 12.5. The van der Waals surface area contributed by atoms with Gasteiger partial charge in [0.15, 0.2) is 5.78 Å². The van der Waals surface area contributed by atoms with Crippen LogP contribution in [0.1, 0.15) is 31.7 Å². The van der Waals surface area contributed by atoms with Crippen LogP contribution in [0.5, 0.6) is 0 Å². The summed E-state index contributed by atoms with van der Waals surface area (Å²) < 4.78 is 0. The van der Waals surface area contributed by atoms with E-state index in [0.29, 0.717) is 37.8 Å². The molecule has 1 aliphatic heterocycles. The Morgan fingerprint density at radius 2 is 2.00 bits per heavy atom. The Morgan fingerprint density at radius 1 is 1.31 bits per heavy atom. The van der Waals surface area contributed by atoms with E-state index in [1.54, 1.807) is 6.08 Å². The van der Waals surface area contributed by atoms with Gasteiger partial charge in [-0.2, -0.15) is 0 Å². The zero-order valence-electron chi connectivity index (χ0n) is 15.1. The van der Waals surface area contributed by atoms with Crippen molar-refractivity contribution in [2.75, 3.05) is 6.54 Å². The Bertz CT molecular complexity index is 708. The molecule has 0 aromatic heterocycles. The highest BCUT2D eigenvalue weighted by molar-refractivity contribution is 6.08. The largest absolute Gasteiger partial charge is 0.480 e. The van der Waals surface area contributed by atoms with Gasteiger partial charge in [0.1, 0.15) is 6.04 Å². The second kappa shape index (κ2) is 9.13. The van der Waals surface area contributed by atoms with Gasteiger partial charge in [-0.25, -0.2) is 4.79 Å². The Hall–Kier alpha value is -2.69. The number of carboxylic acids is 1. The molecule has 1 saturated heterocycles. The molecule has 26 heavy (non-hydrogen) atoms. The van der Waals surface area contributed by atoms with Crippen molar-refractivity contribution >= 4 is 17.7 Å². The summed E-state index contributed by atoms with van der Waals surface area (Å²) in [5.74, 6) is -2.28. The number of likely N-dealkylation sites (tertiary alicyclic amines) is 1. The molecule has 0 bridgehead atoms. The topological polar surface area (TPSA) is 74.7 Å².